The Morgan fingerprint density at radius 2 is 1.55 bits per heavy atom. The van der Waals surface area contributed by atoms with Crippen LogP contribution < -0.4 is 15.8 Å². The summed E-state index contributed by atoms with van der Waals surface area (Å²) >= 11 is 0. The Morgan fingerprint density at radius 1 is 0.909 bits per heavy atom. The highest BCUT2D eigenvalue weighted by Gasteiger charge is 2.25. The van der Waals surface area contributed by atoms with Crippen molar-refractivity contribution in [3.63, 3.8) is 0 Å². The molecule has 0 bridgehead atoms. The quantitative estimate of drug-likeness (QED) is 0.464. The number of amides is 1. The number of anilines is 2. The van der Waals surface area contributed by atoms with Crippen molar-refractivity contribution < 1.29 is 4.79 Å². The van der Waals surface area contributed by atoms with Crippen LogP contribution in [0.5, 0.6) is 0 Å². The fraction of sp³-hybridized carbons (Fsp3) is 0.148. The smallest absolute Gasteiger partial charge is 0.280 e. The number of rotatable bonds is 6. The van der Waals surface area contributed by atoms with Gasteiger partial charge in [-0.05, 0) is 30.7 Å². The SMILES string of the molecule is CCn1nc(-c2ccccc2)c(-c2ccccc2)c(C(=O)Nc2cccc(N(C)C)c2)c1=O. The molecule has 0 aliphatic heterocycles. The lowest BCUT2D eigenvalue weighted by molar-refractivity contribution is 0.102. The molecule has 6 heteroatoms. The third kappa shape index (κ3) is 4.55. The zero-order valence-electron chi connectivity index (χ0n) is 18.9. The van der Waals surface area contributed by atoms with E-state index in [1.807, 2.05) is 111 Å². The largest absolute Gasteiger partial charge is 0.378 e. The molecule has 3 aromatic carbocycles. The van der Waals surface area contributed by atoms with E-state index in [0.717, 1.165) is 16.8 Å². The zero-order valence-corrected chi connectivity index (χ0v) is 18.9. The molecule has 6 nitrogen and oxygen atoms in total. The molecule has 0 radical (unpaired) electrons. The molecule has 1 heterocycles. The predicted molar refractivity (Wildman–Crippen MR) is 134 cm³/mol. The molecule has 0 atom stereocenters. The number of aryl methyl sites for hydroxylation is 1. The van der Waals surface area contributed by atoms with Gasteiger partial charge < -0.3 is 10.2 Å². The van der Waals surface area contributed by atoms with Crippen molar-refractivity contribution in [2.75, 3.05) is 24.3 Å². The van der Waals surface area contributed by atoms with Gasteiger partial charge in [-0.2, -0.15) is 5.10 Å². The first kappa shape index (κ1) is 22.0. The van der Waals surface area contributed by atoms with Crippen molar-refractivity contribution in [3.8, 4) is 22.4 Å². The number of aromatic nitrogens is 2. The standard InChI is InChI=1S/C27H26N4O2/c1-4-31-27(33)24(26(32)28-21-16-11-17-22(18-21)30(2)3)23(19-12-7-5-8-13-19)25(29-31)20-14-9-6-10-15-20/h5-18H,4H2,1-3H3,(H,28,32). The lowest BCUT2D eigenvalue weighted by Gasteiger charge is -2.17. The van der Waals surface area contributed by atoms with Gasteiger partial charge in [-0.15, -0.1) is 0 Å². The van der Waals surface area contributed by atoms with Gasteiger partial charge in [0.05, 0.1) is 5.69 Å². The molecule has 0 aliphatic carbocycles. The second-order valence-corrected chi connectivity index (χ2v) is 7.85. The van der Waals surface area contributed by atoms with Gasteiger partial charge in [0.15, 0.2) is 0 Å². The number of benzene rings is 3. The second-order valence-electron chi connectivity index (χ2n) is 7.85. The van der Waals surface area contributed by atoms with Crippen LogP contribution in [0, 0.1) is 0 Å². The van der Waals surface area contributed by atoms with E-state index in [1.165, 1.54) is 4.68 Å². The van der Waals surface area contributed by atoms with Crippen LogP contribution in [0.1, 0.15) is 17.3 Å². The molecule has 0 aliphatic rings. The molecule has 33 heavy (non-hydrogen) atoms. The van der Waals surface area contributed by atoms with Crippen molar-refractivity contribution in [3.05, 3.63) is 101 Å². The first-order valence-corrected chi connectivity index (χ1v) is 10.8. The van der Waals surface area contributed by atoms with E-state index in [-0.39, 0.29) is 5.56 Å². The molecule has 0 saturated heterocycles. The summed E-state index contributed by atoms with van der Waals surface area (Å²) in [5.41, 5.74) is 3.93. The Bertz CT molecular complexity index is 1330. The lowest BCUT2D eigenvalue weighted by Crippen LogP contribution is -2.32. The summed E-state index contributed by atoms with van der Waals surface area (Å²) in [7, 11) is 3.87. The van der Waals surface area contributed by atoms with Crippen molar-refractivity contribution in [2.45, 2.75) is 13.5 Å². The molecular formula is C27H26N4O2. The van der Waals surface area contributed by atoms with Gasteiger partial charge in [-0.1, -0.05) is 66.7 Å². The maximum Gasteiger partial charge on any atom is 0.280 e. The van der Waals surface area contributed by atoms with Crippen LogP contribution in [0.25, 0.3) is 22.4 Å². The molecule has 0 fully saturated rings. The Balaban J connectivity index is 1.94. The first-order chi connectivity index (χ1) is 16.0. The normalized spacial score (nSPS) is 10.6. The third-order valence-electron chi connectivity index (χ3n) is 5.41. The molecule has 4 rings (SSSR count). The van der Waals surface area contributed by atoms with Crippen LogP contribution in [0.2, 0.25) is 0 Å². The van der Waals surface area contributed by atoms with Crippen LogP contribution >= 0.6 is 0 Å². The minimum atomic E-state index is -0.462. The summed E-state index contributed by atoms with van der Waals surface area (Å²) in [5, 5.41) is 7.57. The maximum absolute atomic E-state index is 13.6. The highest BCUT2D eigenvalue weighted by atomic mass is 16.2. The van der Waals surface area contributed by atoms with E-state index in [2.05, 4.69) is 10.4 Å². The van der Waals surface area contributed by atoms with E-state index in [9.17, 15) is 9.59 Å². The molecule has 1 aromatic heterocycles. The van der Waals surface area contributed by atoms with Crippen LogP contribution in [0.4, 0.5) is 11.4 Å². The molecule has 0 spiro atoms. The Kier molecular flexibility index (Phi) is 6.36. The van der Waals surface area contributed by atoms with E-state index in [0.29, 0.717) is 23.5 Å². The molecule has 1 N–H and O–H groups in total. The summed E-state index contributed by atoms with van der Waals surface area (Å²) < 4.78 is 1.35. The van der Waals surface area contributed by atoms with Crippen molar-refractivity contribution in [1.82, 2.24) is 9.78 Å². The van der Waals surface area contributed by atoms with Gasteiger partial charge in [0, 0.05) is 43.1 Å². The minimum Gasteiger partial charge on any atom is -0.378 e. The van der Waals surface area contributed by atoms with E-state index in [1.54, 1.807) is 0 Å². The first-order valence-electron chi connectivity index (χ1n) is 10.8. The lowest BCUT2D eigenvalue weighted by atomic mass is 9.95. The van der Waals surface area contributed by atoms with E-state index < -0.39 is 11.5 Å². The molecule has 1 amide bonds. The Morgan fingerprint density at radius 3 is 2.15 bits per heavy atom. The molecule has 0 saturated carbocycles. The van der Waals surface area contributed by atoms with E-state index in [4.69, 9.17) is 0 Å². The van der Waals surface area contributed by atoms with Crippen LogP contribution in [-0.2, 0) is 6.54 Å². The van der Waals surface area contributed by atoms with Crippen molar-refractivity contribution in [1.29, 1.82) is 0 Å². The number of hydrogen-bond acceptors (Lipinski definition) is 4. The Hall–Kier alpha value is -4.19. The molecular weight excluding hydrogens is 412 g/mol. The van der Waals surface area contributed by atoms with Gasteiger partial charge in [0.2, 0.25) is 0 Å². The summed E-state index contributed by atoms with van der Waals surface area (Å²) in [5.74, 6) is -0.462. The number of carbonyl (C=O) groups excluding carboxylic acids is 1. The summed E-state index contributed by atoms with van der Waals surface area (Å²) in [4.78, 5) is 29.0. The zero-order chi connectivity index (χ0) is 23.4. The van der Waals surface area contributed by atoms with Crippen molar-refractivity contribution >= 4 is 17.3 Å². The van der Waals surface area contributed by atoms with Gasteiger partial charge in [0.1, 0.15) is 5.56 Å². The third-order valence-corrected chi connectivity index (χ3v) is 5.41. The van der Waals surface area contributed by atoms with Gasteiger partial charge >= 0.3 is 0 Å². The summed E-state index contributed by atoms with van der Waals surface area (Å²) in [6.45, 7) is 2.19. The van der Waals surface area contributed by atoms with Crippen LogP contribution in [0.15, 0.2) is 89.7 Å². The average Bonchev–Trinajstić information content (AvgIpc) is 2.84. The molecule has 0 unspecified atom stereocenters. The number of hydrogen-bond donors (Lipinski definition) is 1. The van der Waals surface area contributed by atoms with Crippen LogP contribution in [0.3, 0.4) is 0 Å². The molecule has 4 aromatic rings. The summed E-state index contributed by atoms with van der Waals surface area (Å²) in [6, 6.07) is 26.6. The van der Waals surface area contributed by atoms with E-state index >= 15 is 0 Å². The van der Waals surface area contributed by atoms with Gasteiger partial charge in [-0.25, -0.2) is 4.68 Å². The van der Waals surface area contributed by atoms with Gasteiger partial charge in [0.25, 0.3) is 11.5 Å². The fourth-order valence-corrected chi connectivity index (χ4v) is 3.73. The van der Waals surface area contributed by atoms with Gasteiger partial charge in [-0.3, -0.25) is 9.59 Å². The highest BCUT2D eigenvalue weighted by molar-refractivity contribution is 6.10. The monoisotopic (exact) mass is 438 g/mol. The Labute approximate surface area is 193 Å². The number of nitrogens with one attached hydrogen (secondary N) is 1. The second kappa shape index (κ2) is 9.53. The fourth-order valence-electron chi connectivity index (χ4n) is 3.73. The van der Waals surface area contributed by atoms with Crippen molar-refractivity contribution in [2.24, 2.45) is 0 Å². The highest BCUT2D eigenvalue weighted by Crippen LogP contribution is 2.32. The topological polar surface area (TPSA) is 67.2 Å². The minimum absolute atomic E-state index is 0.0761. The predicted octanol–water partition coefficient (Wildman–Crippen LogP) is 4.92. The van der Waals surface area contributed by atoms with Crippen LogP contribution in [-0.4, -0.2) is 29.8 Å². The molecule has 166 valence electrons. The number of nitrogens with zero attached hydrogens (tertiary/aromatic N) is 3. The number of carbonyl (C=O) groups is 1. The maximum atomic E-state index is 13.6. The average molecular weight is 439 g/mol. The summed E-state index contributed by atoms with van der Waals surface area (Å²) in [6.07, 6.45) is 0.